The third-order valence-electron chi connectivity index (χ3n) is 5.61. The number of nitrogens with zero attached hydrogens (tertiary/aromatic N) is 2. The van der Waals surface area contributed by atoms with Crippen molar-refractivity contribution >= 4 is 10.9 Å². The molecule has 2 heterocycles. The van der Waals surface area contributed by atoms with E-state index in [1.807, 2.05) is 18.3 Å². The molecule has 144 valence electrons. The Kier molecular flexibility index (Phi) is 5.48. The van der Waals surface area contributed by atoms with E-state index in [9.17, 15) is 0 Å². The lowest BCUT2D eigenvalue weighted by molar-refractivity contribution is 0.321. The first-order valence-electron chi connectivity index (χ1n) is 10.1. The monoisotopic (exact) mass is 367 g/mol. The molecule has 0 atom stereocenters. The van der Waals surface area contributed by atoms with Crippen molar-refractivity contribution in [3.05, 3.63) is 36.5 Å². The summed E-state index contributed by atoms with van der Waals surface area (Å²) in [7, 11) is 1.75. The van der Waals surface area contributed by atoms with E-state index in [1.165, 1.54) is 32.1 Å². The second-order valence-electron chi connectivity index (χ2n) is 7.45. The van der Waals surface area contributed by atoms with E-state index in [0.717, 1.165) is 52.9 Å². The Hall–Kier alpha value is -2.27. The number of methoxy groups -OCH3 is 1. The van der Waals surface area contributed by atoms with E-state index in [1.54, 1.807) is 7.11 Å². The number of hydrogen-bond acceptors (Lipinski definition) is 4. The number of aromatic nitrogens is 2. The van der Waals surface area contributed by atoms with Crippen molar-refractivity contribution in [2.24, 2.45) is 5.92 Å². The fourth-order valence-corrected chi connectivity index (χ4v) is 4.23. The lowest BCUT2D eigenvalue weighted by Crippen LogP contribution is -2.13. The van der Waals surface area contributed by atoms with Crippen LogP contribution in [0.4, 0.5) is 0 Å². The number of para-hydroxylation sites is 1. The SMILES string of the molecule is CCNCc1ncc(-c2cn(CC3CCCCC3)c3c(OC)cccc23)o1. The van der Waals surface area contributed by atoms with Crippen LogP contribution in [0.25, 0.3) is 22.2 Å². The highest BCUT2D eigenvalue weighted by molar-refractivity contribution is 5.98. The van der Waals surface area contributed by atoms with Gasteiger partial charge < -0.3 is 19.0 Å². The maximum Gasteiger partial charge on any atom is 0.208 e. The van der Waals surface area contributed by atoms with E-state index in [-0.39, 0.29) is 0 Å². The molecule has 27 heavy (non-hydrogen) atoms. The molecule has 0 radical (unpaired) electrons. The molecule has 0 aliphatic heterocycles. The number of fused-ring (bicyclic) bond motifs is 1. The van der Waals surface area contributed by atoms with E-state index in [4.69, 9.17) is 9.15 Å². The third-order valence-corrected chi connectivity index (χ3v) is 5.61. The van der Waals surface area contributed by atoms with Gasteiger partial charge in [0.05, 0.1) is 25.4 Å². The molecule has 1 N–H and O–H groups in total. The molecule has 0 amide bonds. The van der Waals surface area contributed by atoms with Crippen LogP contribution in [0.2, 0.25) is 0 Å². The van der Waals surface area contributed by atoms with Crippen LogP contribution in [-0.2, 0) is 13.1 Å². The van der Waals surface area contributed by atoms with Crippen molar-refractivity contribution in [1.82, 2.24) is 14.9 Å². The first-order valence-corrected chi connectivity index (χ1v) is 10.1. The van der Waals surface area contributed by atoms with Gasteiger partial charge in [-0.3, -0.25) is 0 Å². The maximum absolute atomic E-state index is 6.03. The van der Waals surface area contributed by atoms with Crippen LogP contribution in [0, 0.1) is 5.92 Å². The van der Waals surface area contributed by atoms with Crippen molar-refractivity contribution in [1.29, 1.82) is 0 Å². The number of rotatable bonds is 7. The minimum absolute atomic E-state index is 0.653. The van der Waals surface area contributed by atoms with Gasteiger partial charge in [0.1, 0.15) is 5.75 Å². The van der Waals surface area contributed by atoms with E-state index in [0.29, 0.717) is 6.54 Å². The molecule has 0 bridgehead atoms. The van der Waals surface area contributed by atoms with E-state index < -0.39 is 0 Å². The summed E-state index contributed by atoms with van der Waals surface area (Å²) in [4.78, 5) is 4.43. The molecule has 1 fully saturated rings. The van der Waals surface area contributed by atoms with Crippen LogP contribution in [0.5, 0.6) is 5.75 Å². The van der Waals surface area contributed by atoms with Crippen molar-refractivity contribution in [2.75, 3.05) is 13.7 Å². The summed E-state index contributed by atoms with van der Waals surface area (Å²) >= 11 is 0. The molecule has 3 aromatic rings. The number of oxazole rings is 1. The Balaban J connectivity index is 1.73. The number of benzene rings is 1. The Morgan fingerprint density at radius 2 is 2.11 bits per heavy atom. The average Bonchev–Trinajstić information content (AvgIpc) is 3.32. The molecule has 5 nitrogen and oxygen atoms in total. The van der Waals surface area contributed by atoms with Crippen LogP contribution < -0.4 is 10.1 Å². The molecular weight excluding hydrogens is 338 g/mol. The zero-order chi connectivity index (χ0) is 18.6. The van der Waals surface area contributed by atoms with Crippen molar-refractivity contribution < 1.29 is 9.15 Å². The van der Waals surface area contributed by atoms with Gasteiger partial charge >= 0.3 is 0 Å². The molecule has 5 heteroatoms. The largest absolute Gasteiger partial charge is 0.495 e. The molecule has 0 spiro atoms. The molecule has 4 rings (SSSR count). The predicted molar refractivity (Wildman–Crippen MR) is 108 cm³/mol. The maximum atomic E-state index is 6.03. The van der Waals surface area contributed by atoms with Gasteiger partial charge in [0, 0.05) is 23.7 Å². The fourth-order valence-electron chi connectivity index (χ4n) is 4.23. The van der Waals surface area contributed by atoms with Crippen LogP contribution in [0.3, 0.4) is 0 Å². The summed E-state index contributed by atoms with van der Waals surface area (Å²) in [5.74, 6) is 3.21. The Bertz CT molecular complexity index is 890. The van der Waals surface area contributed by atoms with E-state index >= 15 is 0 Å². The summed E-state index contributed by atoms with van der Waals surface area (Å²) in [6.45, 7) is 4.67. The first kappa shape index (κ1) is 18.1. The van der Waals surface area contributed by atoms with Crippen LogP contribution >= 0.6 is 0 Å². The molecule has 0 saturated heterocycles. The smallest absolute Gasteiger partial charge is 0.208 e. The van der Waals surface area contributed by atoms with Crippen LogP contribution in [0.1, 0.15) is 44.9 Å². The fraction of sp³-hybridized carbons (Fsp3) is 0.500. The Morgan fingerprint density at radius 3 is 2.89 bits per heavy atom. The predicted octanol–water partition coefficient (Wildman–Crippen LogP) is 4.99. The Labute approximate surface area is 160 Å². The normalized spacial score (nSPS) is 15.5. The highest BCUT2D eigenvalue weighted by Crippen LogP contribution is 2.37. The number of ether oxygens (including phenoxy) is 1. The minimum atomic E-state index is 0.653. The summed E-state index contributed by atoms with van der Waals surface area (Å²) in [6.07, 6.45) is 10.8. The summed E-state index contributed by atoms with van der Waals surface area (Å²) in [5.41, 5.74) is 2.25. The summed E-state index contributed by atoms with van der Waals surface area (Å²) in [5, 5.41) is 4.43. The van der Waals surface area contributed by atoms with Crippen molar-refractivity contribution in [3.8, 4) is 17.1 Å². The second-order valence-corrected chi connectivity index (χ2v) is 7.45. The molecule has 1 aliphatic rings. The van der Waals surface area contributed by atoms with Crippen molar-refractivity contribution in [3.63, 3.8) is 0 Å². The van der Waals surface area contributed by atoms with Crippen molar-refractivity contribution in [2.45, 2.75) is 52.1 Å². The number of nitrogens with one attached hydrogen (secondary N) is 1. The minimum Gasteiger partial charge on any atom is -0.495 e. The highest BCUT2D eigenvalue weighted by Gasteiger charge is 2.20. The zero-order valence-electron chi connectivity index (χ0n) is 16.3. The molecular formula is C22H29N3O2. The van der Waals surface area contributed by atoms with Gasteiger partial charge in [0.2, 0.25) is 5.89 Å². The molecule has 2 aromatic heterocycles. The van der Waals surface area contributed by atoms with Gasteiger partial charge in [-0.15, -0.1) is 0 Å². The van der Waals surface area contributed by atoms with Gasteiger partial charge in [-0.25, -0.2) is 4.98 Å². The first-order chi connectivity index (χ1) is 13.3. The lowest BCUT2D eigenvalue weighted by Gasteiger charge is -2.22. The van der Waals surface area contributed by atoms with E-state index in [2.05, 4.69) is 34.1 Å². The summed E-state index contributed by atoms with van der Waals surface area (Å²) in [6, 6.07) is 6.24. The molecule has 1 aromatic carbocycles. The second kappa shape index (κ2) is 8.17. The average molecular weight is 367 g/mol. The van der Waals surface area contributed by atoms with Crippen LogP contribution in [0.15, 0.2) is 35.0 Å². The van der Waals surface area contributed by atoms with Crippen LogP contribution in [-0.4, -0.2) is 23.2 Å². The zero-order valence-corrected chi connectivity index (χ0v) is 16.3. The van der Waals surface area contributed by atoms with Gasteiger partial charge in [0.15, 0.2) is 5.76 Å². The van der Waals surface area contributed by atoms with Gasteiger partial charge in [-0.05, 0) is 31.4 Å². The number of hydrogen-bond donors (Lipinski definition) is 1. The topological polar surface area (TPSA) is 52.2 Å². The third kappa shape index (κ3) is 3.74. The Morgan fingerprint density at radius 1 is 1.26 bits per heavy atom. The summed E-state index contributed by atoms with van der Waals surface area (Å²) < 4.78 is 14.1. The molecule has 1 saturated carbocycles. The van der Waals surface area contributed by atoms with Gasteiger partial charge in [-0.2, -0.15) is 0 Å². The lowest BCUT2D eigenvalue weighted by atomic mass is 9.89. The molecule has 0 unspecified atom stereocenters. The van der Waals surface area contributed by atoms with Gasteiger partial charge in [-0.1, -0.05) is 38.3 Å². The highest BCUT2D eigenvalue weighted by atomic mass is 16.5. The standard InChI is InChI=1S/C22H29N3O2/c1-3-23-13-21-24-12-20(27-21)18-15-25(14-16-8-5-4-6-9-16)22-17(18)10-7-11-19(22)26-2/h7,10-12,15-16,23H,3-6,8-9,13-14H2,1-2H3. The van der Waals surface area contributed by atoms with Gasteiger partial charge in [0.25, 0.3) is 0 Å². The molecule has 1 aliphatic carbocycles. The quantitative estimate of drug-likeness (QED) is 0.639.